The smallest absolute Gasteiger partial charge is 0.281 e. The van der Waals surface area contributed by atoms with Crippen LogP contribution in [0.3, 0.4) is 0 Å². The van der Waals surface area contributed by atoms with E-state index < -0.39 is 10.2 Å². The first-order valence-corrected chi connectivity index (χ1v) is 9.63. The quantitative estimate of drug-likeness (QED) is 0.562. The van der Waals surface area contributed by atoms with E-state index in [-0.39, 0.29) is 6.04 Å². The number of nitrogens with zero attached hydrogens (tertiary/aromatic N) is 2. The minimum Gasteiger partial charge on any atom is -0.314 e. The van der Waals surface area contributed by atoms with Crippen molar-refractivity contribution in [2.24, 2.45) is 0 Å². The van der Waals surface area contributed by atoms with Gasteiger partial charge in [-0.3, -0.25) is 0 Å². The molecule has 21 heavy (non-hydrogen) atoms. The molecule has 0 aromatic carbocycles. The van der Waals surface area contributed by atoms with E-state index in [0.717, 1.165) is 32.2 Å². The molecular formula is C15H35N3O2S. The van der Waals surface area contributed by atoms with Crippen molar-refractivity contribution in [1.29, 1.82) is 0 Å². The summed E-state index contributed by atoms with van der Waals surface area (Å²) in [6.45, 7) is 12.3. The highest BCUT2D eigenvalue weighted by Crippen LogP contribution is 2.15. The van der Waals surface area contributed by atoms with Crippen LogP contribution in [0.4, 0.5) is 0 Å². The maximum atomic E-state index is 12.7. The largest absolute Gasteiger partial charge is 0.314 e. The molecule has 1 atom stereocenters. The molecule has 5 nitrogen and oxygen atoms in total. The Bertz CT molecular complexity index is 358. The van der Waals surface area contributed by atoms with Crippen molar-refractivity contribution in [3.05, 3.63) is 0 Å². The molecule has 0 fully saturated rings. The van der Waals surface area contributed by atoms with E-state index >= 15 is 0 Å². The molecular weight excluding hydrogens is 286 g/mol. The molecule has 1 N–H and O–H groups in total. The zero-order valence-electron chi connectivity index (χ0n) is 14.7. The van der Waals surface area contributed by atoms with Crippen molar-refractivity contribution in [3.63, 3.8) is 0 Å². The van der Waals surface area contributed by atoms with Gasteiger partial charge in [-0.2, -0.15) is 17.0 Å². The molecule has 0 rings (SSSR count). The minimum atomic E-state index is -3.35. The molecule has 0 aliphatic heterocycles. The molecule has 0 spiro atoms. The number of unbranched alkanes of at least 4 members (excludes halogenated alkanes) is 1. The fourth-order valence-corrected chi connectivity index (χ4v) is 3.75. The van der Waals surface area contributed by atoms with Crippen LogP contribution in [0.25, 0.3) is 0 Å². The number of hydrogen-bond donors (Lipinski definition) is 1. The van der Waals surface area contributed by atoms with E-state index in [9.17, 15) is 8.42 Å². The fourth-order valence-electron chi connectivity index (χ4n) is 2.07. The van der Waals surface area contributed by atoms with E-state index in [2.05, 4.69) is 26.1 Å². The van der Waals surface area contributed by atoms with Crippen molar-refractivity contribution in [2.75, 3.05) is 26.7 Å². The van der Waals surface area contributed by atoms with Gasteiger partial charge in [0.15, 0.2) is 0 Å². The lowest BCUT2D eigenvalue weighted by Gasteiger charge is -2.31. The van der Waals surface area contributed by atoms with Gasteiger partial charge < -0.3 is 5.32 Å². The third-order valence-corrected chi connectivity index (χ3v) is 5.81. The standard InChI is InChI=1S/C15H35N3O2S/c1-7-9-13-18(15(5)8-2)21(19,20)17(6)12-10-11-16-14(3)4/h14-16H,7-13H2,1-6H3. The predicted molar refractivity (Wildman–Crippen MR) is 90.7 cm³/mol. The van der Waals surface area contributed by atoms with Crippen LogP contribution in [0, 0.1) is 0 Å². The van der Waals surface area contributed by atoms with E-state index in [1.54, 1.807) is 11.4 Å². The zero-order valence-corrected chi connectivity index (χ0v) is 15.5. The van der Waals surface area contributed by atoms with Gasteiger partial charge >= 0.3 is 0 Å². The summed E-state index contributed by atoms with van der Waals surface area (Å²) in [7, 11) is -1.66. The van der Waals surface area contributed by atoms with Crippen molar-refractivity contribution in [2.45, 2.75) is 72.4 Å². The molecule has 0 aliphatic rings. The first-order chi connectivity index (χ1) is 9.77. The average molecular weight is 322 g/mol. The van der Waals surface area contributed by atoms with Crippen molar-refractivity contribution >= 4 is 10.2 Å². The number of nitrogens with one attached hydrogen (secondary N) is 1. The molecule has 6 heteroatoms. The van der Waals surface area contributed by atoms with Crippen LogP contribution in [0.1, 0.15) is 60.3 Å². The Balaban J connectivity index is 4.62. The normalized spacial score (nSPS) is 14.3. The van der Waals surface area contributed by atoms with Crippen molar-refractivity contribution in [3.8, 4) is 0 Å². The maximum absolute atomic E-state index is 12.7. The summed E-state index contributed by atoms with van der Waals surface area (Å²) in [5.74, 6) is 0. The summed E-state index contributed by atoms with van der Waals surface area (Å²) in [5.41, 5.74) is 0. The topological polar surface area (TPSA) is 52.7 Å². The second-order valence-corrected chi connectivity index (χ2v) is 8.00. The Hall–Kier alpha value is -0.170. The summed E-state index contributed by atoms with van der Waals surface area (Å²) in [6, 6.07) is 0.492. The highest BCUT2D eigenvalue weighted by molar-refractivity contribution is 7.86. The molecule has 0 saturated carbocycles. The monoisotopic (exact) mass is 321 g/mol. The SMILES string of the molecule is CCCCN(C(C)CC)S(=O)(=O)N(C)CCCNC(C)C. The van der Waals surface area contributed by atoms with Crippen LogP contribution in [-0.2, 0) is 10.2 Å². The lowest BCUT2D eigenvalue weighted by Crippen LogP contribution is -2.47. The lowest BCUT2D eigenvalue weighted by atomic mass is 10.2. The molecule has 0 aromatic rings. The molecule has 0 bridgehead atoms. The summed E-state index contributed by atoms with van der Waals surface area (Å²) in [4.78, 5) is 0. The second-order valence-electron chi connectivity index (χ2n) is 6.01. The van der Waals surface area contributed by atoms with Gasteiger partial charge in [-0.1, -0.05) is 34.1 Å². The first-order valence-electron chi connectivity index (χ1n) is 8.23. The Morgan fingerprint density at radius 1 is 1.05 bits per heavy atom. The summed E-state index contributed by atoms with van der Waals surface area (Å²) in [5, 5.41) is 3.31. The van der Waals surface area contributed by atoms with E-state index in [4.69, 9.17) is 0 Å². The van der Waals surface area contributed by atoms with Gasteiger partial charge in [0, 0.05) is 32.2 Å². The van der Waals surface area contributed by atoms with Crippen LogP contribution >= 0.6 is 0 Å². The highest BCUT2D eigenvalue weighted by Gasteiger charge is 2.29. The zero-order chi connectivity index (χ0) is 16.5. The van der Waals surface area contributed by atoms with Crippen LogP contribution in [-0.4, -0.2) is 55.8 Å². The average Bonchev–Trinajstić information content (AvgIpc) is 2.42. The van der Waals surface area contributed by atoms with Gasteiger partial charge in [-0.05, 0) is 32.7 Å². The third kappa shape index (κ3) is 7.58. The summed E-state index contributed by atoms with van der Waals surface area (Å²) >= 11 is 0. The van der Waals surface area contributed by atoms with Crippen LogP contribution in [0.2, 0.25) is 0 Å². The Morgan fingerprint density at radius 2 is 1.67 bits per heavy atom. The van der Waals surface area contributed by atoms with Gasteiger partial charge in [-0.15, -0.1) is 0 Å². The lowest BCUT2D eigenvalue weighted by molar-refractivity contribution is 0.294. The Kier molecular flexibility index (Phi) is 10.5. The second kappa shape index (κ2) is 10.5. The molecule has 0 amide bonds. The first kappa shape index (κ1) is 20.8. The summed E-state index contributed by atoms with van der Waals surface area (Å²) in [6.07, 6.45) is 3.58. The Morgan fingerprint density at radius 3 is 2.14 bits per heavy atom. The minimum absolute atomic E-state index is 0.0535. The van der Waals surface area contributed by atoms with Crippen LogP contribution in [0.5, 0.6) is 0 Å². The molecule has 1 unspecified atom stereocenters. The van der Waals surface area contributed by atoms with Gasteiger partial charge in [-0.25, -0.2) is 0 Å². The summed E-state index contributed by atoms with van der Waals surface area (Å²) < 4.78 is 28.5. The van der Waals surface area contributed by atoms with E-state index in [0.29, 0.717) is 19.1 Å². The molecule has 128 valence electrons. The fraction of sp³-hybridized carbons (Fsp3) is 1.00. The Labute approximate surface area is 132 Å². The molecule has 0 radical (unpaired) electrons. The van der Waals surface area contributed by atoms with Gasteiger partial charge in [0.2, 0.25) is 0 Å². The molecule has 0 aromatic heterocycles. The molecule has 0 heterocycles. The molecule has 0 saturated heterocycles. The maximum Gasteiger partial charge on any atom is 0.281 e. The third-order valence-electron chi connectivity index (χ3n) is 3.71. The van der Waals surface area contributed by atoms with Gasteiger partial charge in [0.05, 0.1) is 0 Å². The van der Waals surface area contributed by atoms with Crippen molar-refractivity contribution in [1.82, 2.24) is 13.9 Å². The van der Waals surface area contributed by atoms with Crippen molar-refractivity contribution < 1.29 is 8.42 Å². The molecule has 0 aliphatic carbocycles. The van der Waals surface area contributed by atoms with E-state index in [1.165, 1.54) is 4.31 Å². The van der Waals surface area contributed by atoms with E-state index in [1.807, 2.05) is 13.8 Å². The van der Waals surface area contributed by atoms with Gasteiger partial charge in [0.1, 0.15) is 0 Å². The van der Waals surface area contributed by atoms with Crippen LogP contribution in [0.15, 0.2) is 0 Å². The number of hydrogen-bond acceptors (Lipinski definition) is 3. The van der Waals surface area contributed by atoms with Gasteiger partial charge in [0.25, 0.3) is 10.2 Å². The predicted octanol–water partition coefficient (Wildman–Crippen LogP) is 2.45. The highest BCUT2D eigenvalue weighted by atomic mass is 32.2. The number of rotatable bonds is 12. The van der Waals surface area contributed by atoms with Crippen LogP contribution < -0.4 is 5.32 Å².